The van der Waals surface area contributed by atoms with Gasteiger partial charge >= 0.3 is 0 Å². The summed E-state index contributed by atoms with van der Waals surface area (Å²) in [6, 6.07) is 7.20. The molecule has 0 atom stereocenters. The molecule has 1 fully saturated rings. The Hall–Kier alpha value is -1.79. The molecule has 2 amide bonds. The highest BCUT2D eigenvalue weighted by Crippen LogP contribution is 2.16. The lowest BCUT2D eigenvalue weighted by Crippen LogP contribution is -2.42. The summed E-state index contributed by atoms with van der Waals surface area (Å²) in [6.45, 7) is 2.96. The number of nitrogens with zero attached hydrogens (tertiary/aromatic N) is 2. The number of hydrogen-bond acceptors (Lipinski definition) is 4. The first-order valence-corrected chi connectivity index (χ1v) is 8.54. The van der Waals surface area contributed by atoms with Crippen molar-refractivity contribution in [3.05, 3.63) is 29.3 Å². The van der Waals surface area contributed by atoms with E-state index in [4.69, 9.17) is 16.3 Å². The molecule has 0 unspecified atom stereocenters. The lowest BCUT2D eigenvalue weighted by Gasteiger charge is -2.18. The second-order valence-corrected chi connectivity index (χ2v) is 6.34. The molecule has 1 N–H and O–H groups in total. The molecule has 0 saturated carbocycles. The number of hydrogen-bond donors (Lipinski definition) is 1. The fourth-order valence-corrected chi connectivity index (χ4v) is 2.69. The van der Waals surface area contributed by atoms with Crippen molar-refractivity contribution in [3.8, 4) is 5.75 Å². The highest BCUT2D eigenvalue weighted by molar-refractivity contribution is 6.30. The number of halogens is 1. The Labute approximate surface area is 147 Å². The van der Waals surface area contributed by atoms with Gasteiger partial charge in [0.25, 0.3) is 0 Å². The third kappa shape index (κ3) is 6.37. The fourth-order valence-electron chi connectivity index (χ4n) is 2.51. The Bertz CT molecular complexity index is 562. The van der Waals surface area contributed by atoms with Crippen LogP contribution in [0.5, 0.6) is 5.75 Å². The zero-order chi connectivity index (χ0) is 17.4. The zero-order valence-corrected chi connectivity index (χ0v) is 14.7. The van der Waals surface area contributed by atoms with Crippen molar-refractivity contribution >= 4 is 23.4 Å². The molecule has 0 spiro atoms. The average Bonchev–Trinajstić information content (AvgIpc) is 3.07. The van der Waals surface area contributed by atoms with E-state index in [2.05, 4.69) is 5.32 Å². The van der Waals surface area contributed by atoms with E-state index in [-0.39, 0.29) is 24.9 Å². The first kappa shape index (κ1) is 18.5. The predicted octanol–water partition coefficient (Wildman–Crippen LogP) is 1.39. The molecule has 0 bridgehead atoms. The van der Waals surface area contributed by atoms with Gasteiger partial charge in [-0.05, 0) is 38.1 Å². The van der Waals surface area contributed by atoms with Gasteiger partial charge in [0.2, 0.25) is 11.8 Å². The van der Waals surface area contributed by atoms with Crippen LogP contribution >= 0.6 is 11.6 Å². The molecule has 1 aromatic carbocycles. The van der Waals surface area contributed by atoms with Crippen LogP contribution in [0.2, 0.25) is 5.02 Å². The average molecular weight is 354 g/mol. The quantitative estimate of drug-likeness (QED) is 0.767. The maximum atomic E-state index is 11.9. The van der Waals surface area contributed by atoms with E-state index in [1.54, 1.807) is 17.0 Å². The van der Waals surface area contributed by atoms with Crippen molar-refractivity contribution in [1.82, 2.24) is 15.1 Å². The first-order valence-electron chi connectivity index (χ1n) is 8.16. The SMILES string of the molecule is CN(CCOc1cccc(Cl)c1)CC(=O)NCC(=O)N1CCCC1. The smallest absolute Gasteiger partial charge is 0.241 e. The molecular weight excluding hydrogens is 330 g/mol. The second-order valence-electron chi connectivity index (χ2n) is 5.91. The molecule has 0 aromatic heterocycles. The minimum absolute atomic E-state index is 0.00667. The van der Waals surface area contributed by atoms with Gasteiger partial charge in [0.05, 0.1) is 13.1 Å². The number of benzene rings is 1. The van der Waals surface area contributed by atoms with Gasteiger partial charge in [-0.15, -0.1) is 0 Å². The number of rotatable bonds is 8. The number of likely N-dealkylation sites (tertiary alicyclic amines) is 1. The van der Waals surface area contributed by atoms with Gasteiger partial charge in [0.1, 0.15) is 12.4 Å². The largest absolute Gasteiger partial charge is 0.492 e. The number of likely N-dealkylation sites (N-methyl/N-ethyl adjacent to an activating group) is 1. The maximum absolute atomic E-state index is 11.9. The van der Waals surface area contributed by atoms with Gasteiger partial charge in [-0.25, -0.2) is 0 Å². The summed E-state index contributed by atoms with van der Waals surface area (Å²) in [7, 11) is 1.84. The minimum Gasteiger partial charge on any atom is -0.492 e. The molecule has 2 rings (SSSR count). The monoisotopic (exact) mass is 353 g/mol. The highest BCUT2D eigenvalue weighted by atomic mass is 35.5. The fraction of sp³-hybridized carbons (Fsp3) is 0.529. The minimum atomic E-state index is -0.159. The first-order chi connectivity index (χ1) is 11.5. The number of nitrogens with one attached hydrogen (secondary N) is 1. The van der Waals surface area contributed by atoms with Crippen LogP contribution in [0.4, 0.5) is 0 Å². The Kier molecular flexibility index (Phi) is 7.34. The Balaban J connectivity index is 1.60. The third-order valence-electron chi connectivity index (χ3n) is 3.85. The lowest BCUT2D eigenvalue weighted by atomic mass is 10.3. The molecule has 1 heterocycles. The number of carbonyl (C=O) groups is 2. The van der Waals surface area contributed by atoms with E-state index in [0.29, 0.717) is 23.9 Å². The summed E-state index contributed by atoms with van der Waals surface area (Å²) in [5, 5.41) is 3.30. The molecule has 0 radical (unpaired) electrons. The van der Waals surface area contributed by atoms with E-state index >= 15 is 0 Å². The second kappa shape index (κ2) is 9.49. The zero-order valence-electron chi connectivity index (χ0n) is 14.0. The van der Waals surface area contributed by atoms with Crippen molar-refractivity contribution in [1.29, 1.82) is 0 Å². The number of carbonyl (C=O) groups excluding carboxylic acids is 2. The Morgan fingerprint density at radius 3 is 2.79 bits per heavy atom. The molecule has 7 heteroatoms. The lowest BCUT2D eigenvalue weighted by molar-refractivity contribution is -0.132. The molecule has 1 aliphatic heterocycles. The molecule has 1 aromatic rings. The van der Waals surface area contributed by atoms with Crippen molar-refractivity contribution in [2.75, 3.05) is 46.4 Å². The van der Waals surface area contributed by atoms with Crippen LogP contribution in [0, 0.1) is 0 Å². The van der Waals surface area contributed by atoms with Crippen molar-refractivity contribution < 1.29 is 14.3 Å². The van der Waals surface area contributed by atoms with Gasteiger partial charge < -0.3 is 15.0 Å². The van der Waals surface area contributed by atoms with Crippen LogP contribution in [0.25, 0.3) is 0 Å². The van der Waals surface area contributed by atoms with E-state index in [9.17, 15) is 9.59 Å². The molecule has 1 saturated heterocycles. The number of ether oxygens (including phenoxy) is 1. The molecule has 24 heavy (non-hydrogen) atoms. The summed E-state index contributed by atoms with van der Waals surface area (Å²) in [5.41, 5.74) is 0. The van der Waals surface area contributed by atoms with Crippen LogP contribution in [0.1, 0.15) is 12.8 Å². The predicted molar refractivity (Wildman–Crippen MR) is 93.3 cm³/mol. The molecule has 6 nitrogen and oxygen atoms in total. The summed E-state index contributed by atoms with van der Waals surface area (Å²) in [5.74, 6) is 0.539. The van der Waals surface area contributed by atoms with Crippen molar-refractivity contribution in [2.24, 2.45) is 0 Å². The topological polar surface area (TPSA) is 61.9 Å². The van der Waals surface area contributed by atoms with Crippen LogP contribution in [-0.2, 0) is 9.59 Å². The summed E-state index contributed by atoms with van der Waals surface area (Å²) >= 11 is 5.89. The van der Waals surface area contributed by atoms with Crippen molar-refractivity contribution in [3.63, 3.8) is 0 Å². The highest BCUT2D eigenvalue weighted by Gasteiger charge is 2.18. The standard InChI is InChI=1S/C17H24ClN3O3/c1-20(9-10-24-15-6-4-5-14(18)11-15)13-16(22)19-12-17(23)21-7-2-3-8-21/h4-6,11H,2-3,7-10,12-13H2,1H3,(H,19,22). The van der Waals surface area contributed by atoms with E-state index in [1.807, 2.05) is 24.1 Å². The van der Waals surface area contributed by atoms with Crippen LogP contribution in [0.15, 0.2) is 24.3 Å². The molecule has 132 valence electrons. The van der Waals surface area contributed by atoms with E-state index in [1.165, 1.54) is 0 Å². The van der Waals surface area contributed by atoms with Crippen LogP contribution in [-0.4, -0.2) is 68.0 Å². The summed E-state index contributed by atoms with van der Waals surface area (Å²) in [6.07, 6.45) is 2.10. The summed E-state index contributed by atoms with van der Waals surface area (Å²) < 4.78 is 5.59. The van der Waals surface area contributed by atoms with Gasteiger partial charge in [-0.1, -0.05) is 17.7 Å². The van der Waals surface area contributed by atoms with E-state index in [0.717, 1.165) is 25.9 Å². The number of amides is 2. The van der Waals surface area contributed by atoms with Crippen LogP contribution < -0.4 is 10.1 Å². The van der Waals surface area contributed by atoms with Crippen molar-refractivity contribution in [2.45, 2.75) is 12.8 Å². The van der Waals surface area contributed by atoms with Gasteiger partial charge in [-0.3, -0.25) is 14.5 Å². The van der Waals surface area contributed by atoms with Gasteiger partial charge in [0.15, 0.2) is 0 Å². The normalized spacial score (nSPS) is 14.0. The van der Waals surface area contributed by atoms with E-state index < -0.39 is 0 Å². The van der Waals surface area contributed by atoms with Gasteiger partial charge in [-0.2, -0.15) is 0 Å². The molecular formula is C17H24ClN3O3. The molecule has 0 aliphatic carbocycles. The maximum Gasteiger partial charge on any atom is 0.241 e. The van der Waals surface area contributed by atoms with Gasteiger partial charge in [0, 0.05) is 24.7 Å². The molecule has 1 aliphatic rings. The summed E-state index contributed by atoms with van der Waals surface area (Å²) in [4.78, 5) is 27.4. The third-order valence-corrected chi connectivity index (χ3v) is 4.08. The van der Waals surface area contributed by atoms with Crippen LogP contribution in [0.3, 0.4) is 0 Å². The Morgan fingerprint density at radius 2 is 2.08 bits per heavy atom. The Morgan fingerprint density at radius 1 is 1.33 bits per heavy atom.